The molecule has 6 saturated heterocycles. The third-order valence-corrected chi connectivity index (χ3v) is 19.6. The van der Waals surface area contributed by atoms with Crippen molar-refractivity contribution in [2.75, 3.05) is 14.2 Å². The van der Waals surface area contributed by atoms with E-state index in [9.17, 15) is 29.4 Å². The van der Waals surface area contributed by atoms with Crippen molar-refractivity contribution in [2.24, 2.45) is 47.3 Å². The van der Waals surface area contributed by atoms with Crippen molar-refractivity contribution < 1.29 is 48.3 Å². The molecule has 12 heteroatoms. The Hall–Kier alpha value is -2.80. The first-order chi connectivity index (χ1) is 28.7. The van der Waals surface area contributed by atoms with Gasteiger partial charge < -0.3 is 29.2 Å². The highest BCUT2D eigenvalue weighted by atomic mass is 16.6. The molecule has 10 fully saturated rings. The van der Waals surface area contributed by atoms with Gasteiger partial charge in [0.25, 0.3) is 0 Å². The van der Waals surface area contributed by atoms with Crippen LogP contribution in [0.3, 0.4) is 0 Å². The van der Waals surface area contributed by atoms with Crippen LogP contribution in [0, 0.1) is 47.3 Å². The summed E-state index contributed by atoms with van der Waals surface area (Å²) in [7, 11) is 2.80. The van der Waals surface area contributed by atoms with Gasteiger partial charge >= 0.3 is 23.9 Å². The van der Waals surface area contributed by atoms with E-state index in [1.807, 2.05) is 0 Å². The summed E-state index contributed by atoms with van der Waals surface area (Å²) in [6.07, 6.45) is 15.3. The number of fused-ring (bicyclic) bond motifs is 4. The number of hydrogen-bond acceptors (Lipinski definition) is 12. The van der Waals surface area contributed by atoms with Gasteiger partial charge in [-0.05, 0) is 126 Å². The molecular formula is C48H66N2O10. The maximum Gasteiger partial charge on any atom is 0.337 e. The number of piperidine rings is 4. The maximum atomic E-state index is 13.3. The number of ether oxygens (including phenoxy) is 4. The minimum absolute atomic E-state index is 0.120. The summed E-state index contributed by atoms with van der Waals surface area (Å²) >= 11 is 0. The molecule has 12 rings (SSSR count). The van der Waals surface area contributed by atoms with Gasteiger partial charge in [0.15, 0.2) is 0 Å². The van der Waals surface area contributed by atoms with Crippen LogP contribution in [0.15, 0.2) is 22.3 Å². The second-order valence-electron chi connectivity index (χ2n) is 21.5. The molecule has 0 aromatic carbocycles. The summed E-state index contributed by atoms with van der Waals surface area (Å²) in [5.41, 5.74) is 0.291. The van der Waals surface area contributed by atoms with Crippen molar-refractivity contribution in [3.05, 3.63) is 22.3 Å². The topological polar surface area (TPSA) is 152 Å². The Labute approximate surface area is 354 Å². The lowest BCUT2D eigenvalue weighted by atomic mass is 9.53. The van der Waals surface area contributed by atoms with Crippen LogP contribution in [0.4, 0.5) is 0 Å². The second-order valence-corrected chi connectivity index (χ2v) is 21.5. The Morgan fingerprint density at radius 2 is 0.950 bits per heavy atom. The summed E-state index contributed by atoms with van der Waals surface area (Å²) in [5.74, 6) is 0.393. The predicted molar refractivity (Wildman–Crippen MR) is 217 cm³/mol. The van der Waals surface area contributed by atoms with Crippen LogP contribution < -0.4 is 0 Å². The molecule has 6 aliphatic carbocycles. The van der Waals surface area contributed by atoms with Gasteiger partial charge in [-0.15, -0.1) is 0 Å². The summed E-state index contributed by atoms with van der Waals surface area (Å²) in [5, 5.41) is 24.5. The summed E-state index contributed by atoms with van der Waals surface area (Å²) in [6, 6.07) is 1.71. The Balaban J connectivity index is 0.000000136. The highest BCUT2D eigenvalue weighted by molar-refractivity contribution is 5.94. The maximum absolute atomic E-state index is 13.3. The molecule has 328 valence electrons. The third-order valence-electron chi connectivity index (χ3n) is 19.6. The first-order valence-corrected chi connectivity index (χ1v) is 23.7. The number of carbonyl (C=O) groups excluding carboxylic acids is 4. The summed E-state index contributed by atoms with van der Waals surface area (Å²) in [6.45, 7) is 7.50. The molecule has 6 aliphatic heterocycles. The number of rotatable bonds is 4. The van der Waals surface area contributed by atoms with Crippen LogP contribution in [0.25, 0.3) is 0 Å². The van der Waals surface area contributed by atoms with Gasteiger partial charge in [0.05, 0.1) is 47.6 Å². The quantitative estimate of drug-likeness (QED) is 0.284. The lowest BCUT2D eigenvalue weighted by Gasteiger charge is -2.64. The molecule has 0 radical (unpaired) electrons. The zero-order valence-corrected chi connectivity index (χ0v) is 36.5. The summed E-state index contributed by atoms with van der Waals surface area (Å²) < 4.78 is 22.3. The van der Waals surface area contributed by atoms with Gasteiger partial charge in [-0.25, -0.2) is 9.59 Å². The molecule has 6 heterocycles. The number of methoxy groups -OCH3 is 2. The van der Waals surface area contributed by atoms with Gasteiger partial charge in [-0.3, -0.25) is 19.4 Å². The minimum Gasteiger partial charge on any atom is -0.466 e. The SMILES string of the molecule is COC(=O)C1=C2[C@@]3([C@H]4C[C@@H]5[C@@H](CC[C@H](C)N53)[C@]2(O)C4)[C@@H]2CCCC[C@H]2[C@@H]1OC(C)=O.COC(=O)C1=C2[C@@]3([C@H]4C[C@@H]5[C@@H](CC[C@H](C)N53)[C@]2(O)C4)[C@@H]2CCCC[C@H]2[C@@H]1OC(C)=O. The van der Waals surface area contributed by atoms with Crippen molar-refractivity contribution in [1.82, 2.24) is 9.80 Å². The highest BCUT2D eigenvalue weighted by Crippen LogP contribution is 2.77. The molecule has 0 aromatic heterocycles. The molecule has 10 bridgehead atoms. The number of hydrogen-bond donors (Lipinski definition) is 2. The van der Waals surface area contributed by atoms with E-state index in [1.54, 1.807) is 0 Å². The highest BCUT2D eigenvalue weighted by Gasteiger charge is 2.82. The molecule has 4 saturated carbocycles. The zero-order chi connectivity index (χ0) is 42.0. The Morgan fingerprint density at radius 1 is 0.567 bits per heavy atom. The van der Waals surface area contributed by atoms with Crippen molar-refractivity contribution >= 4 is 23.9 Å². The van der Waals surface area contributed by atoms with Gasteiger partial charge in [0, 0.05) is 61.7 Å². The van der Waals surface area contributed by atoms with Gasteiger partial charge in [-0.2, -0.15) is 0 Å². The predicted octanol–water partition coefficient (Wildman–Crippen LogP) is 5.17. The average molecular weight is 831 g/mol. The van der Waals surface area contributed by atoms with Crippen LogP contribution in [0.2, 0.25) is 0 Å². The lowest BCUT2D eigenvalue weighted by molar-refractivity contribution is -0.166. The Bertz CT molecular complexity index is 1840. The standard InChI is InChI=1S/2C24H33NO5/c2*1-12-8-9-17-18-10-14-11-23(17,28)21-19(22(27)29-3)20(30-13(2)26)15-6-4-5-7-16(15)24(14,21)25(12)18/h2*12,14-18,20,28H,4-11H2,1-3H3/t2*12-,14-,15+,16+,17+,18+,20-,23+,24+/m00/s1. The van der Waals surface area contributed by atoms with Gasteiger partial charge in [0.2, 0.25) is 0 Å². The average Bonchev–Trinajstić information content (AvgIpc) is 3.82. The molecule has 2 unspecified atom stereocenters. The molecule has 0 amide bonds. The molecule has 2 spiro atoms. The van der Waals surface area contributed by atoms with E-state index < -0.39 is 35.3 Å². The molecular weight excluding hydrogens is 765 g/mol. The van der Waals surface area contributed by atoms with E-state index in [1.165, 1.54) is 28.1 Å². The lowest BCUT2D eigenvalue weighted by Crippen LogP contribution is -2.72. The number of aliphatic hydroxyl groups is 2. The minimum atomic E-state index is -0.964. The molecule has 60 heavy (non-hydrogen) atoms. The fourth-order valence-electron chi connectivity index (χ4n) is 18.7. The van der Waals surface area contributed by atoms with E-state index in [0.29, 0.717) is 59.0 Å². The molecule has 0 aromatic rings. The van der Waals surface area contributed by atoms with Crippen LogP contribution in [-0.4, -0.2) is 117 Å². The first-order valence-electron chi connectivity index (χ1n) is 23.7. The second kappa shape index (κ2) is 13.4. The van der Waals surface area contributed by atoms with Crippen LogP contribution in [-0.2, 0) is 38.1 Å². The van der Waals surface area contributed by atoms with Crippen molar-refractivity contribution in [2.45, 2.75) is 189 Å². The molecule has 20 atom stereocenters. The largest absolute Gasteiger partial charge is 0.466 e. The van der Waals surface area contributed by atoms with Crippen molar-refractivity contribution in [3.8, 4) is 0 Å². The number of nitrogens with zero attached hydrogens (tertiary/aromatic N) is 2. The van der Waals surface area contributed by atoms with E-state index in [2.05, 4.69) is 23.6 Å². The van der Waals surface area contributed by atoms with Gasteiger partial charge in [-0.1, -0.05) is 25.7 Å². The van der Waals surface area contributed by atoms with Crippen LogP contribution >= 0.6 is 0 Å². The van der Waals surface area contributed by atoms with Crippen molar-refractivity contribution in [3.63, 3.8) is 0 Å². The van der Waals surface area contributed by atoms with E-state index in [0.717, 1.165) is 114 Å². The molecule has 2 N–H and O–H groups in total. The van der Waals surface area contributed by atoms with Crippen molar-refractivity contribution in [1.29, 1.82) is 0 Å². The van der Waals surface area contributed by atoms with Gasteiger partial charge in [0.1, 0.15) is 12.2 Å². The molecule has 12 nitrogen and oxygen atoms in total. The van der Waals surface area contributed by atoms with E-state index >= 15 is 0 Å². The normalized spacial score (nSPS) is 52.7. The Morgan fingerprint density at radius 3 is 1.32 bits per heavy atom. The van der Waals surface area contributed by atoms with Crippen LogP contribution in [0.5, 0.6) is 0 Å². The fourth-order valence-corrected chi connectivity index (χ4v) is 18.7. The Kier molecular flexibility index (Phi) is 8.91. The summed E-state index contributed by atoms with van der Waals surface area (Å²) in [4.78, 5) is 56.2. The fraction of sp³-hybridized carbons (Fsp3) is 0.833. The van der Waals surface area contributed by atoms with E-state index in [-0.39, 0.29) is 46.7 Å². The number of carbonyl (C=O) groups is 4. The molecule has 12 aliphatic rings. The number of esters is 4. The van der Waals surface area contributed by atoms with E-state index in [4.69, 9.17) is 18.9 Å². The van der Waals surface area contributed by atoms with Crippen LogP contribution in [0.1, 0.15) is 130 Å². The monoisotopic (exact) mass is 830 g/mol. The smallest absolute Gasteiger partial charge is 0.337 e. The third kappa shape index (κ3) is 4.63. The zero-order valence-electron chi connectivity index (χ0n) is 36.5. The first kappa shape index (κ1) is 40.0.